The van der Waals surface area contributed by atoms with Gasteiger partial charge in [-0.1, -0.05) is 12.1 Å². The first-order valence-electron chi connectivity index (χ1n) is 7.57. The molecule has 1 aliphatic rings. The van der Waals surface area contributed by atoms with Crippen LogP contribution in [0, 0.1) is 6.92 Å². The van der Waals surface area contributed by atoms with E-state index >= 15 is 0 Å². The van der Waals surface area contributed by atoms with Crippen LogP contribution in [0.1, 0.15) is 29.4 Å². The smallest absolute Gasteiger partial charge is 0.251 e. The minimum absolute atomic E-state index is 0.0613. The van der Waals surface area contributed by atoms with Gasteiger partial charge in [0.05, 0.1) is 7.11 Å². The zero-order chi connectivity index (χ0) is 15.5. The Morgan fingerprint density at radius 2 is 2.27 bits per heavy atom. The summed E-state index contributed by atoms with van der Waals surface area (Å²) in [6, 6.07) is 9.69. The predicted octanol–water partition coefficient (Wildman–Crippen LogP) is 2.08. The lowest BCUT2D eigenvalue weighted by Crippen LogP contribution is -2.21. The van der Waals surface area contributed by atoms with Gasteiger partial charge in [0, 0.05) is 30.8 Å². The van der Waals surface area contributed by atoms with Gasteiger partial charge in [0.2, 0.25) is 0 Å². The van der Waals surface area contributed by atoms with Gasteiger partial charge < -0.3 is 9.72 Å². The molecule has 0 radical (unpaired) electrons. The fourth-order valence-corrected chi connectivity index (χ4v) is 3.02. The Kier molecular flexibility index (Phi) is 4.24. The van der Waals surface area contributed by atoms with Crippen molar-refractivity contribution < 1.29 is 4.74 Å². The number of H-pyrrole nitrogens is 1. The van der Waals surface area contributed by atoms with Gasteiger partial charge in [-0.2, -0.15) is 0 Å². The second-order valence-electron chi connectivity index (χ2n) is 5.84. The van der Waals surface area contributed by atoms with E-state index in [-0.39, 0.29) is 5.56 Å². The van der Waals surface area contributed by atoms with Crippen LogP contribution in [-0.2, 0) is 6.54 Å². The summed E-state index contributed by atoms with van der Waals surface area (Å²) in [5.74, 6) is 2.01. The fourth-order valence-electron chi connectivity index (χ4n) is 3.02. The van der Waals surface area contributed by atoms with Crippen molar-refractivity contribution in [2.75, 3.05) is 20.2 Å². The van der Waals surface area contributed by atoms with Crippen molar-refractivity contribution in [2.24, 2.45) is 0 Å². The summed E-state index contributed by atoms with van der Waals surface area (Å²) in [6.07, 6.45) is 1.02. The predicted molar refractivity (Wildman–Crippen MR) is 85.2 cm³/mol. The van der Waals surface area contributed by atoms with E-state index in [4.69, 9.17) is 4.74 Å². The average molecular weight is 299 g/mol. The lowest BCUT2D eigenvalue weighted by atomic mass is 10.1. The third-order valence-corrected chi connectivity index (χ3v) is 4.09. The molecule has 116 valence electrons. The van der Waals surface area contributed by atoms with Gasteiger partial charge in [-0.05, 0) is 37.6 Å². The first-order valence-corrected chi connectivity index (χ1v) is 7.57. The molecule has 0 amide bonds. The summed E-state index contributed by atoms with van der Waals surface area (Å²) in [4.78, 5) is 21.3. The third-order valence-electron chi connectivity index (χ3n) is 4.09. The largest absolute Gasteiger partial charge is 0.497 e. The quantitative estimate of drug-likeness (QED) is 0.939. The number of likely N-dealkylation sites (tertiary alicyclic amines) is 1. The highest BCUT2D eigenvalue weighted by Gasteiger charge is 2.25. The van der Waals surface area contributed by atoms with E-state index in [9.17, 15) is 4.79 Å². The minimum atomic E-state index is -0.0613. The minimum Gasteiger partial charge on any atom is -0.497 e. The summed E-state index contributed by atoms with van der Waals surface area (Å²) in [5, 5.41) is 0. The van der Waals surface area contributed by atoms with Gasteiger partial charge in [-0.15, -0.1) is 0 Å². The van der Waals surface area contributed by atoms with Crippen LogP contribution in [0.15, 0.2) is 35.1 Å². The highest BCUT2D eigenvalue weighted by Crippen LogP contribution is 2.26. The van der Waals surface area contributed by atoms with E-state index in [0.29, 0.717) is 5.92 Å². The molecule has 2 heterocycles. The van der Waals surface area contributed by atoms with Gasteiger partial charge >= 0.3 is 0 Å². The molecule has 0 saturated carbocycles. The van der Waals surface area contributed by atoms with Gasteiger partial charge in [0.25, 0.3) is 5.56 Å². The summed E-state index contributed by atoms with van der Waals surface area (Å²) < 4.78 is 5.27. The highest BCUT2D eigenvalue weighted by molar-refractivity contribution is 5.28. The maximum atomic E-state index is 11.6. The maximum Gasteiger partial charge on any atom is 0.251 e. The van der Waals surface area contributed by atoms with Crippen LogP contribution in [0.25, 0.3) is 0 Å². The molecule has 0 aliphatic carbocycles. The number of ether oxygens (including phenoxy) is 1. The van der Waals surface area contributed by atoms with Crippen LogP contribution < -0.4 is 10.3 Å². The van der Waals surface area contributed by atoms with E-state index in [1.807, 2.05) is 19.1 Å². The number of rotatable bonds is 4. The van der Waals surface area contributed by atoms with Crippen molar-refractivity contribution in [3.05, 3.63) is 57.8 Å². The molecule has 22 heavy (non-hydrogen) atoms. The van der Waals surface area contributed by atoms with Crippen LogP contribution in [-0.4, -0.2) is 35.1 Å². The average Bonchev–Trinajstić information content (AvgIpc) is 2.95. The molecule has 0 bridgehead atoms. The number of benzene rings is 1. The Labute approximate surface area is 130 Å². The summed E-state index contributed by atoms with van der Waals surface area (Å²) in [5.41, 5.74) is 1.96. The first-order chi connectivity index (χ1) is 10.6. The Hall–Kier alpha value is -2.14. The Morgan fingerprint density at radius 1 is 1.41 bits per heavy atom. The maximum absolute atomic E-state index is 11.6. The Balaban J connectivity index is 1.68. The van der Waals surface area contributed by atoms with Crippen LogP contribution >= 0.6 is 0 Å². The number of aromatic nitrogens is 2. The molecule has 1 aromatic carbocycles. The molecule has 1 aromatic heterocycles. The van der Waals surface area contributed by atoms with Crippen molar-refractivity contribution in [1.29, 1.82) is 0 Å². The van der Waals surface area contributed by atoms with Gasteiger partial charge in [-0.25, -0.2) is 4.98 Å². The Bertz CT molecular complexity index is 711. The molecular weight excluding hydrogens is 278 g/mol. The van der Waals surface area contributed by atoms with Crippen LogP contribution in [0.3, 0.4) is 0 Å². The zero-order valence-corrected chi connectivity index (χ0v) is 13.0. The topological polar surface area (TPSA) is 58.2 Å². The summed E-state index contributed by atoms with van der Waals surface area (Å²) >= 11 is 0. The van der Waals surface area contributed by atoms with Crippen LogP contribution in [0.2, 0.25) is 0 Å². The molecule has 0 spiro atoms. The zero-order valence-electron chi connectivity index (χ0n) is 13.0. The van der Waals surface area contributed by atoms with Crippen molar-refractivity contribution in [3.63, 3.8) is 0 Å². The summed E-state index contributed by atoms with van der Waals surface area (Å²) in [6.45, 7) is 4.69. The van der Waals surface area contributed by atoms with Crippen LogP contribution in [0.4, 0.5) is 0 Å². The molecule has 0 unspecified atom stereocenters. The molecule has 1 N–H and O–H groups in total. The number of hydrogen-bond acceptors (Lipinski definition) is 4. The van der Waals surface area contributed by atoms with Crippen molar-refractivity contribution >= 4 is 0 Å². The first kappa shape index (κ1) is 14.8. The SMILES string of the molecule is COc1cccc(CN2CC[C@@H](c3nc(C)cc(=O)[nH]3)C2)c1. The molecule has 1 saturated heterocycles. The van der Waals surface area contributed by atoms with Gasteiger partial charge in [0.15, 0.2) is 0 Å². The number of nitrogens with one attached hydrogen (secondary N) is 1. The second-order valence-corrected chi connectivity index (χ2v) is 5.84. The number of hydrogen-bond donors (Lipinski definition) is 1. The number of aryl methyl sites for hydroxylation is 1. The second kappa shape index (κ2) is 6.32. The standard InChI is InChI=1S/C17H21N3O2/c1-12-8-16(21)19-17(18-12)14-6-7-20(11-14)10-13-4-3-5-15(9-13)22-2/h3-5,8-9,14H,6-7,10-11H2,1-2H3,(H,18,19,21)/t14-/m1/s1. The van der Waals surface area contributed by atoms with Crippen molar-refractivity contribution in [1.82, 2.24) is 14.9 Å². The molecule has 5 heteroatoms. The van der Waals surface area contributed by atoms with E-state index in [1.165, 1.54) is 11.6 Å². The van der Waals surface area contributed by atoms with E-state index in [0.717, 1.165) is 43.3 Å². The number of aromatic amines is 1. The van der Waals surface area contributed by atoms with Crippen LogP contribution in [0.5, 0.6) is 5.75 Å². The lowest BCUT2D eigenvalue weighted by molar-refractivity contribution is 0.324. The lowest BCUT2D eigenvalue weighted by Gasteiger charge is -2.16. The van der Waals surface area contributed by atoms with E-state index in [2.05, 4.69) is 27.0 Å². The van der Waals surface area contributed by atoms with E-state index < -0.39 is 0 Å². The molecule has 3 rings (SSSR count). The van der Waals surface area contributed by atoms with Gasteiger partial charge in [0.1, 0.15) is 11.6 Å². The fraction of sp³-hybridized carbons (Fsp3) is 0.412. The third kappa shape index (κ3) is 3.36. The molecule has 2 aromatic rings. The molecule has 1 fully saturated rings. The monoisotopic (exact) mass is 299 g/mol. The number of methoxy groups -OCH3 is 1. The highest BCUT2D eigenvalue weighted by atomic mass is 16.5. The Morgan fingerprint density at radius 3 is 3.05 bits per heavy atom. The van der Waals surface area contributed by atoms with Gasteiger partial charge in [-0.3, -0.25) is 9.69 Å². The normalized spacial score (nSPS) is 18.5. The molecular formula is C17H21N3O2. The van der Waals surface area contributed by atoms with E-state index in [1.54, 1.807) is 7.11 Å². The molecule has 5 nitrogen and oxygen atoms in total. The number of nitrogens with zero attached hydrogens (tertiary/aromatic N) is 2. The van der Waals surface area contributed by atoms with Crippen molar-refractivity contribution in [3.8, 4) is 5.75 Å². The molecule has 1 atom stereocenters. The van der Waals surface area contributed by atoms with Crippen molar-refractivity contribution in [2.45, 2.75) is 25.8 Å². The molecule has 1 aliphatic heterocycles. The summed E-state index contributed by atoms with van der Waals surface area (Å²) in [7, 11) is 1.69.